The molecule has 4 heteroatoms. The number of carbonyl (C=O) groups excluding carboxylic acids is 1. The molecule has 0 spiro atoms. The number of halogens is 3. The molecule has 0 bridgehead atoms. The van der Waals surface area contributed by atoms with Crippen LogP contribution >= 0.6 is 0 Å². The van der Waals surface area contributed by atoms with Crippen LogP contribution in [-0.4, -0.2) is 12.0 Å². The highest BCUT2D eigenvalue weighted by Crippen LogP contribution is 2.20. The van der Waals surface area contributed by atoms with Crippen molar-refractivity contribution in [3.8, 4) is 0 Å². The number of rotatable bonds is 13. The highest BCUT2D eigenvalue weighted by atomic mass is 19.4. The first kappa shape index (κ1) is 20.2. The van der Waals surface area contributed by atoms with Gasteiger partial charge in [-0.05, 0) is 25.7 Å². The van der Waals surface area contributed by atoms with Crippen molar-refractivity contribution >= 4 is 5.78 Å². The molecule has 0 aromatic carbocycles. The molecule has 0 radical (unpaired) electrons. The van der Waals surface area contributed by atoms with Gasteiger partial charge in [-0.2, -0.15) is 13.2 Å². The third kappa shape index (κ3) is 13.9. The van der Waals surface area contributed by atoms with Crippen molar-refractivity contribution in [2.75, 3.05) is 0 Å². The standard InChI is InChI=1S/C17H29F3O/c1-2-3-4-5-6-7-8-9-10-11-12-13-14-15-16(21)17(18,19)20/h3-4H,2,5-15H2,1H3. The molecular formula is C17H29F3O. The van der Waals surface area contributed by atoms with Crippen molar-refractivity contribution < 1.29 is 18.0 Å². The molecule has 1 nitrogen and oxygen atoms in total. The lowest BCUT2D eigenvalue weighted by atomic mass is 10.0. The van der Waals surface area contributed by atoms with Crippen molar-refractivity contribution in [2.45, 2.75) is 90.1 Å². The third-order valence-corrected chi connectivity index (χ3v) is 3.49. The topological polar surface area (TPSA) is 17.1 Å². The molecule has 0 fully saturated rings. The molecule has 0 N–H and O–H groups in total. The van der Waals surface area contributed by atoms with Crippen molar-refractivity contribution in [1.29, 1.82) is 0 Å². The quantitative estimate of drug-likeness (QED) is 0.285. The Balaban J connectivity index is 3.20. The van der Waals surface area contributed by atoms with Gasteiger partial charge in [-0.1, -0.05) is 64.0 Å². The molecule has 0 rings (SSSR count). The predicted octanol–water partition coefficient (Wildman–Crippen LogP) is 6.38. The maximum Gasteiger partial charge on any atom is 0.449 e. The summed E-state index contributed by atoms with van der Waals surface area (Å²) >= 11 is 0. The van der Waals surface area contributed by atoms with Crippen LogP contribution in [-0.2, 0) is 4.79 Å². The average Bonchev–Trinajstić information content (AvgIpc) is 2.42. The Bertz CT molecular complexity index is 282. The summed E-state index contributed by atoms with van der Waals surface area (Å²) in [5, 5.41) is 0. The van der Waals surface area contributed by atoms with Gasteiger partial charge in [0, 0.05) is 6.42 Å². The second-order valence-corrected chi connectivity index (χ2v) is 5.52. The van der Waals surface area contributed by atoms with Crippen LogP contribution in [0.1, 0.15) is 84.0 Å². The van der Waals surface area contributed by atoms with E-state index in [1.165, 1.54) is 32.1 Å². The molecule has 0 aliphatic carbocycles. The van der Waals surface area contributed by atoms with Crippen LogP contribution in [0.25, 0.3) is 0 Å². The number of hydrogen-bond donors (Lipinski definition) is 0. The van der Waals surface area contributed by atoms with Crippen LogP contribution in [0.2, 0.25) is 0 Å². The summed E-state index contributed by atoms with van der Waals surface area (Å²) in [4.78, 5) is 10.6. The Morgan fingerprint density at radius 3 is 1.76 bits per heavy atom. The van der Waals surface area contributed by atoms with E-state index in [2.05, 4.69) is 19.1 Å². The first-order valence-electron chi connectivity index (χ1n) is 8.23. The first-order valence-corrected chi connectivity index (χ1v) is 8.23. The zero-order valence-electron chi connectivity index (χ0n) is 13.2. The van der Waals surface area contributed by atoms with Crippen LogP contribution in [0.15, 0.2) is 12.2 Å². The second-order valence-electron chi connectivity index (χ2n) is 5.52. The maximum atomic E-state index is 11.9. The fourth-order valence-electron chi connectivity index (χ4n) is 2.21. The second kappa shape index (κ2) is 12.9. The van der Waals surface area contributed by atoms with Gasteiger partial charge in [0.2, 0.25) is 5.78 Å². The van der Waals surface area contributed by atoms with Gasteiger partial charge in [-0.15, -0.1) is 0 Å². The summed E-state index contributed by atoms with van der Waals surface area (Å²) in [6.45, 7) is 2.13. The number of carbonyl (C=O) groups is 1. The first-order chi connectivity index (χ1) is 9.98. The van der Waals surface area contributed by atoms with E-state index >= 15 is 0 Å². The van der Waals surface area contributed by atoms with Gasteiger partial charge in [0.1, 0.15) is 0 Å². The fraction of sp³-hybridized carbons (Fsp3) is 0.824. The Kier molecular flexibility index (Phi) is 12.4. The zero-order valence-corrected chi connectivity index (χ0v) is 13.2. The van der Waals surface area contributed by atoms with E-state index in [0.29, 0.717) is 6.42 Å². The molecule has 0 aliphatic heterocycles. The van der Waals surface area contributed by atoms with Crippen molar-refractivity contribution in [1.82, 2.24) is 0 Å². The van der Waals surface area contributed by atoms with Crippen molar-refractivity contribution in [3.05, 3.63) is 12.2 Å². The SMILES string of the molecule is CCC=CCCCCCCCCCCCC(=O)C(F)(F)F. The maximum absolute atomic E-state index is 11.9. The zero-order chi connectivity index (χ0) is 16.0. The molecule has 0 atom stereocenters. The number of hydrogen-bond acceptors (Lipinski definition) is 1. The predicted molar refractivity (Wildman–Crippen MR) is 81.3 cm³/mol. The van der Waals surface area contributed by atoms with Gasteiger partial charge >= 0.3 is 6.18 Å². The number of allylic oxidation sites excluding steroid dienone is 2. The summed E-state index contributed by atoms with van der Waals surface area (Å²) in [7, 11) is 0. The number of ketones is 1. The smallest absolute Gasteiger partial charge is 0.290 e. The normalized spacial score (nSPS) is 12.2. The molecule has 0 unspecified atom stereocenters. The molecule has 0 heterocycles. The van der Waals surface area contributed by atoms with Crippen LogP contribution in [0, 0.1) is 0 Å². The van der Waals surface area contributed by atoms with E-state index in [9.17, 15) is 18.0 Å². The lowest BCUT2D eigenvalue weighted by Gasteiger charge is -2.05. The van der Waals surface area contributed by atoms with E-state index in [4.69, 9.17) is 0 Å². The van der Waals surface area contributed by atoms with Crippen LogP contribution in [0.4, 0.5) is 13.2 Å². The summed E-state index contributed by atoms with van der Waals surface area (Å²) in [5.41, 5.74) is 0. The van der Waals surface area contributed by atoms with Gasteiger partial charge in [0.05, 0.1) is 0 Å². The largest absolute Gasteiger partial charge is 0.449 e. The third-order valence-electron chi connectivity index (χ3n) is 3.49. The molecule has 124 valence electrons. The highest BCUT2D eigenvalue weighted by Gasteiger charge is 2.36. The minimum absolute atomic E-state index is 0.352. The summed E-state index contributed by atoms with van der Waals surface area (Å²) in [6, 6.07) is 0. The van der Waals surface area contributed by atoms with E-state index in [0.717, 1.165) is 32.1 Å². The van der Waals surface area contributed by atoms with Crippen LogP contribution < -0.4 is 0 Å². The van der Waals surface area contributed by atoms with Crippen LogP contribution in [0.3, 0.4) is 0 Å². The Hall–Kier alpha value is -0.800. The summed E-state index contributed by atoms with van der Waals surface area (Å²) < 4.78 is 35.8. The van der Waals surface area contributed by atoms with Gasteiger partial charge in [0.15, 0.2) is 0 Å². The highest BCUT2D eigenvalue weighted by molar-refractivity contribution is 5.83. The number of Topliss-reactive ketones (excluding diaryl/α,β-unsaturated/α-hetero) is 1. The minimum atomic E-state index is -4.65. The van der Waals surface area contributed by atoms with E-state index < -0.39 is 12.0 Å². The van der Waals surface area contributed by atoms with E-state index in [1.54, 1.807) is 0 Å². The lowest BCUT2D eigenvalue weighted by Crippen LogP contribution is -2.22. The lowest BCUT2D eigenvalue weighted by molar-refractivity contribution is -0.171. The Labute approximate surface area is 127 Å². The molecule has 21 heavy (non-hydrogen) atoms. The Morgan fingerprint density at radius 1 is 0.810 bits per heavy atom. The summed E-state index contributed by atoms with van der Waals surface area (Å²) in [6.07, 6.45) is 10.9. The van der Waals surface area contributed by atoms with Gasteiger partial charge in [-0.25, -0.2) is 0 Å². The van der Waals surface area contributed by atoms with E-state index in [1.807, 2.05) is 0 Å². The van der Waals surface area contributed by atoms with Gasteiger partial charge in [-0.3, -0.25) is 4.79 Å². The Morgan fingerprint density at radius 2 is 1.29 bits per heavy atom. The average molecular weight is 306 g/mol. The molecule has 0 saturated carbocycles. The molecule has 0 aromatic heterocycles. The van der Waals surface area contributed by atoms with E-state index in [-0.39, 0.29) is 6.42 Å². The number of unbranched alkanes of at least 4 members (excludes halogenated alkanes) is 9. The minimum Gasteiger partial charge on any atom is -0.290 e. The molecule has 0 amide bonds. The fourth-order valence-corrected chi connectivity index (χ4v) is 2.21. The van der Waals surface area contributed by atoms with Crippen LogP contribution in [0.5, 0.6) is 0 Å². The summed E-state index contributed by atoms with van der Waals surface area (Å²) in [5.74, 6) is -1.58. The monoisotopic (exact) mass is 306 g/mol. The molecule has 0 aliphatic rings. The van der Waals surface area contributed by atoms with Crippen molar-refractivity contribution in [2.24, 2.45) is 0 Å². The van der Waals surface area contributed by atoms with Gasteiger partial charge in [0.25, 0.3) is 0 Å². The molecular weight excluding hydrogens is 277 g/mol. The van der Waals surface area contributed by atoms with Crippen molar-refractivity contribution in [3.63, 3.8) is 0 Å². The molecule has 0 aromatic rings. The number of alkyl halides is 3. The van der Waals surface area contributed by atoms with Gasteiger partial charge < -0.3 is 0 Å². The molecule has 0 saturated heterocycles.